The minimum absolute atomic E-state index is 0.269. The molecule has 0 heterocycles. The number of benzene rings is 1. The molecule has 0 aromatic heterocycles. The highest BCUT2D eigenvalue weighted by molar-refractivity contribution is 5.33. The van der Waals surface area contributed by atoms with Crippen LogP contribution in [0.5, 0.6) is 0 Å². The molecule has 78 valence electrons. The maximum absolute atomic E-state index is 2.34. The molecule has 0 unspecified atom stereocenters. The van der Waals surface area contributed by atoms with Crippen molar-refractivity contribution in [2.45, 2.75) is 26.2 Å². The molecule has 0 aliphatic heterocycles. The second kappa shape index (κ2) is 4.06. The third-order valence-corrected chi connectivity index (χ3v) is 3.31. The minimum atomic E-state index is 0.269. The van der Waals surface area contributed by atoms with Crippen LogP contribution in [0.15, 0.2) is 54.6 Å². The zero-order valence-electron chi connectivity index (χ0n) is 9.48. The Labute approximate surface area is 92.3 Å². The second-order valence-corrected chi connectivity index (χ2v) is 4.51. The fourth-order valence-corrected chi connectivity index (χ4v) is 1.90. The third kappa shape index (κ3) is 2.20. The molecule has 0 amide bonds. The molecular formula is C15H18. The van der Waals surface area contributed by atoms with E-state index in [-0.39, 0.29) is 5.41 Å². The van der Waals surface area contributed by atoms with Gasteiger partial charge in [-0.3, -0.25) is 0 Å². The molecule has 1 aromatic carbocycles. The van der Waals surface area contributed by atoms with Gasteiger partial charge in [0.05, 0.1) is 0 Å². The van der Waals surface area contributed by atoms with Crippen molar-refractivity contribution in [3.63, 3.8) is 0 Å². The molecule has 0 bridgehead atoms. The Morgan fingerprint density at radius 2 is 1.67 bits per heavy atom. The first kappa shape index (κ1) is 10.2. The Kier molecular flexibility index (Phi) is 2.77. The summed E-state index contributed by atoms with van der Waals surface area (Å²) in [5, 5.41) is 0. The van der Waals surface area contributed by atoms with Crippen LogP contribution in [0.25, 0.3) is 0 Å². The number of allylic oxidation sites excluding steroid dienone is 4. The molecule has 0 radical (unpaired) electrons. The molecule has 0 nitrogen and oxygen atoms in total. The van der Waals surface area contributed by atoms with Gasteiger partial charge in [0.1, 0.15) is 0 Å². The molecular weight excluding hydrogens is 180 g/mol. The van der Waals surface area contributed by atoms with Crippen LogP contribution >= 0.6 is 0 Å². The van der Waals surface area contributed by atoms with Gasteiger partial charge in [-0.1, -0.05) is 68.5 Å². The molecule has 0 atom stereocenters. The molecule has 15 heavy (non-hydrogen) atoms. The first-order valence-corrected chi connectivity index (χ1v) is 5.67. The zero-order valence-corrected chi connectivity index (χ0v) is 9.48. The predicted molar refractivity (Wildman–Crippen MR) is 65.9 cm³/mol. The molecule has 1 aliphatic rings. The van der Waals surface area contributed by atoms with E-state index >= 15 is 0 Å². The Hall–Kier alpha value is -1.30. The maximum atomic E-state index is 2.34. The standard InChI is InChI=1S/C15H18/c1-3-15(2)11-9-14(10-12-15)13-7-5-4-6-8-13/h4-12,14H,3H2,1-2H3. The first-order valence-electron chi connectivity index (χ1n) is 5.67. The molecule has 0 fully saturated rings. The van der Waals surface area contributed by atoms with Crippen molar-refractivity contribution in [2.75, 3.05) is 0 Å². The predicted octanol–water partition coefficient (Wildman–Crippen LogP) is 4.31. The molecule has 1 aliphatic carbocycles. The minimum Gasteiger partial charge on any atom is -0.0779 e. The summed E-state index contributed by atoms with van der Waals surface area (Å²) in [5.74, 6) is 0.464. The summed E-state index contributed by atoms with van der Waals surface area (Å²) in [6.07, 6.45) is 10.5. The maximum Gasteiger partial charge on any atom is 0.0199 e. The fourth-order valence-electron chi connectivity index (χ4n) is 1.90. The van der Waals surface area contributed by atoms with Gasteiger partial charge in [0.15, 0.2) is 0 Å². The van der Waals surface area contributed by atoms with Crippen molar-refractivity contribution in [1.82, 2.24) is 0 Å². The monoisotopic (exact) mass is 198 g/mol. The Bertz CT molecular complexity index is 356. The van der Waals surface area contributed by atoms with Gasteiger partial charge in [0.25, 0.3) is 0 Å². The van der Waals surface area contributed by atoms with Crippen molar-refractivity contribution >= 4 is 0 Å². The lowest BCUT2D eigenvalue weighted by Crippen LogP contribution is -2.12. The molecule has 1 aromatic rings. The number of hydrogen-bond donors (Lipinski definition) is 0. The summed E-state index contributed by atoms with van der Waals surface area (Å²) < 4.78 is 0. The van der Waals surface area contributed by atoms with Crippen LogP contribution in [0, 0.1) is 5.41 Å². The summed E-state index contributed by atoms with van der Waals surface area (Å²) in [6.45, 7) is 4.51. The third-order valence-electron chi connectivity index (χ3n) is 3.31. The van der Waals surface area contributed by atoms with Crippen LogP contribution in [0.3, 0.4) is 0 Å². The van der Waals surface area contributed by atoms with Gasteiger partial charge < -0.3 is 0 Å². The van der Waals surface area contributed by atoms with Crippen LogP contribution in [0.1, 0.15) is 31.7 Å². The average Bonchev–Trinajstić information content (AvgIpc) is 2.31. The van der Waals surface area contributed by atoms with Gasteiger partial charge in [-0.2, -0.15) is 0 Å². The Balaban J connectivity index is 2.18. The van der Waals surface area contributed by atoms with Gasteiger partial charge in [0.2, 0.25) is 0 Å². The number of rotatable bonds is 2. The smallest absolute Gasteiger partial charge is 0.0199 e. The van der Waals surface area contributed by atoms with Gasteiger partial charge in [0, 0.05) is 11.3 Å². The van der Waals surface area contributed by atoms with Crippen LogP contribution in [0.2, 0.25) is 0 Å². The van der Waals surface area contributed by atoms with E-state index in [2.05, 4.69) is 68.5 Å². The molecule has 0 saturated heterocycles. The van der Waals surface area contributed by atoms with Gasteiger partial charge in [-0.05, 0) is 12.0 Å². The van der Waals surface area contributed by atoms with E-state index < -0.39 is 0 Å². The Morgan fingerprint density at radius 1 is 1.07 bits per heavy atom. The topological polar surface area (TPSA) is 0 Å². The van der Waals surface area contributed by atoms with Gasteiger partial charge in [-0.15, -0.1) is 0 Å². The van der Waals surface area contributed by atoms with Crippen LogP contribution in [0.4, 0.5) is 0 Å². The molecule has 0 saturated carbocycles. The quantitative estimate of drug-likeness (QED) is 0.621. The van der Waals surface area contributed by atoms with Crippen LogP contribution in [-0.4, -0.2) is 0 Å². The zero-order chi connectivity index (χ0) is 10.7. The van der Waals surface area contributed by atoms with Crippen molar-refractivity contribution in [2.24, 2.45) is 5.41 Å². The second-order valence-electron chi connectivity index (χ2n) is 4.51. The van der Waals surface area contributed by atoms with Gasteiger partial charge in [-0.25, -0.2) is 0 Å². The van der Waals surface area contributed by atoms with E-state index in [0.29, 0.717) is 5.92 Å². The lowest BCUT2D eigenvalue weighted by atomic mass is 9.80. The van der Waals surface area contributed by atoms with Crippen molar-refractivity contribution in [3.8, 4) is 0 Å². The van der Waals surface area contributed by atoms with Crippen molar-refractivity contribution < 1.29 is 0 Å². The highest BCUT2D eigenvalue weighted by Gasteiger charge is 2.19. The molecule has 0 heteroatoms. The Morgan fingerprint density at radius 3 is 2.20 bits per heavy atom. The highest BCUT2D eigenvalue weighted by Crippen LogP contribution is 2.33. The van der Waals surface area contributed by atoms with E-state index in [9.17, 15) is 0 Å². The molecule has 0 N–H and O–H groups in total. The van der Waals surface area contributed by atoms with E-state index in [0.717, 1.165) is 0 Å². The fraction of sp³-hybridized carbons (Fsp3) is 0.333. The summed E-state index contributed by atoms with van der Waals surface area (Å²) in [6, 6.07) is 10.6. The molecule has 0 spiro atoms. The van der Waals surface area contributed by atoms with Crippen molar-refractivity contribution in [3.05, 3.63) is 60.2 Å². The molecule has 2 rings (SSSR count). The highest BCUT2D eigenvalue weighted by atomic mass is 14.2. The summed E-state index contributed by atoms with van der Waals surface area (Å²) in [5.41, 5.74) is 1.65. The number of hydrogen-bond acceptors (Lipinski definition) is 0. The van der Waals surface area contributed by atoms with E-state index in [1.165, 1.54) is 12.0 Å². The lowest BCUT2D eigenvalue weighted by molar-refractivity contribution is 0.519. The van der Waals surface area contributed by atoms with Crippen molar-refractivity contribution in [1.29, 1.82) is 0 Å². The SMILES string of the molecule is CCC1(C)C=CC(c2ccccc2)C=C1. The van der Waals surface area contributed by atoms with Gasteiger partial charge >= 0.3 is 0 Å². The first-order chi connectivity index (χ1) is 7.23. The van der Waals surface area contributed by atoms with Crippen LogP contribution in [-0.2, 0) is 0 Å². The van der Waals surface area contributed by atoms with E-state index in [4.69, 9.17) is 0 Å². The summed E-state index contributed by atoms with van der Waals surface area (Å²) >= 11 is 0. The normalized spacial score (nSPS) is 29.3. The average molecular weight is 198 g/mol. The largest absolute Gasteiger partial charge is 0.0779 e. The summed E-state index contributed by atoms with van der Waals surface area (Å²) in [7, 11) is 0. The van der Waals surface area contributed by atoms with E-state index in [1.54, 1.807) is 0 Å². The van der Waals surface area contributed by atoms with E-state index in [1.807, 2.05) is 0 Å². The summed E-state index contributed by atoms with van der Waals surface area (Å²) in [4.78, 5) is 0. The van der Waals surface area contributed by atoms with Crippen LogP contribution < -0.4 is 0 Å². The lowest BCUT2D eigenvalue weighted by Gasteiger charge is -2.25.